The lowest BCUT2D eigenvalue weighted by Crippen LogP contribution is -2.40. The second kappa shape index (κ2) is 7.27. The molecular formula is C17H23N5O2. The van der Waals surface area contributed by atoms with E-state index in [1.807, 2.05) is 18.6 Å². The summed E-state index contributed by atoms with van der Waals surface area (Å²) in [7, 11) is 0. The van der Waals surface area contributed by atoms with E-state index in [1.165, 1.54) is 5.69 Å². The van der Waals surface area contributed by atoms with Crippen LogP contribution in [-0.4, -0.2) is 52.5 Å². The number of aromatic nitrogens is 4. The van der Waals surface area contributed by atoms with E-state index in [1.54, 1.807) is 12.4 Å². The van der Waals surface area contributed by atoms with Crippen molar-refractivity contribution in [1.29, 1.82) is 0 Å². The van der Waals surface area contributed by atoms with Gasteiger partial charge in [-0.2, -0.15) is 0 Å². The van der Waals surface area contributed by atoms with Crippen LogP contribution in [-0.2, 0) is 16.0 Å². The Labute approximate surface area is 141 Å². The SMILES string of the molecule is c1cnc(N2Cc3cncn3C(COCC3CCOCC3)C2)nc1. The molecule has 0 N–H and O–H groups in total. The molecule has 0 saturated carbocycles. The van der Waals surface area contributed by atoms with Gasteiger partial charge in [-0.3, -0.25) is 0 Å². The van der Waals surface area contributed by atoms with Crippen molar-refractivity contribution < 1.29 is 9.47 Å². The van der Waals surface area contributed by atoms with Crippen molar-refractivity contribution in [3.05, 3.63) is 36.7 Å². The first-order valence-corrected chi connectivity index (χ1v) is 8.58. The van der Waals surface area contributed by atoms with Gasteiger partial charge in [0, 0.05) is 45.0 Å². The topological polar surface area (TPSA) is 65.3 Å². The monoisotopic (exact) mass is 329 g/mol. The van der Waals surface area contributed by atoms with Crippen molar-refractivity contribution in [3.8, 4) is 0 Å². The van der Waals surface area contributed by atoms with Crippen molar-refractivity contribution in [1.82, 2.24) is 19.5 Å². The minimum atomic E-state index is 0.236. The van der Waals surface area contributed by atoms with Crippen LogP contribution in [0, 0.1) is 5.92 Å². The van der Waals surface area contributed by atoms with Gasteiger partial charge in [-0.25, -0.2) is 15.0 Å². The van der Waals surface area contributed by atoms with E-state index in [-0.39, 0.29) is 6.04 Å². The summed E-state index contributed by atoms with van der Waals surface area (Å²) in [5.41, 5.74) is 1.17. The van der Waals surface area contributed by atoms with Crippen LogP contribution in [0.2, 0.25) is 0 Å². The molecule has 1 fully saturated rings. The summed E-state index contributed by atoms with van der Waals surface area (Å²) in [4.78, 5) is 15.3. The summed E-state index contributed by atoms with van der Waals surface area (Å²) in [6.07, 6.45) is 9.59. The van der Waals surface area contributed by atoms with Gasteiger partial charge >= 0.3 is 0 Å². The van der Waals surface area contributed by atoms with Crippen molar-refractivity contribution in [2.75, 3.05) is 37.9 Å². The smallest absolute Gasteiger partial charge is 0.225 e. The van der Waals surface area contributed by atoms with Crippen LogP contribution in [0.4, 0.5) is 5.95 Å². The molecule has 0 aromatic carbocycles. The Kier molecular flexibility index (Phi) is 4.71. The lowest BCUT2D eigenvalue weighted by molar-refractivity contribution is 0.0122. The molecule has 2 aliphatic heterocycles. The Morgan fingerprint density at radius 1 is 1.17 bits per heavy atom. The first kappa shape index (κ1) is 15.5. The molecule has 0 amide bonds. The normalized spacial score (nSPS) is 21.7. The molecule has 4 rings (SSSR count). The lowest BCUT2D eigenvalue weighted by Gasteiger charge is -2.34. The van der Waals surface area contributed by atoms with Gasteiger partial charge in [-0.1, -0.05) is 0 Å². The fourth-order valence-corrected chi connectivity index (χ4v) is 3.41. The van der Waals surface area contributed by atoms with Crippen LogP contribution >= 0.6 is 0 Å². The van der Waals surface area contributed by atoms with E-state index < -0.39 is 0 Å². The van der Waals surface area contributed by atoms with Gasteiger partial charge in [0.1, 0.15) is 0 Å². The van der Waals surface area contributed by atoms with E-state index in [0.717, 1.165) is 51.7 Å². The van der Waals surface area contributed by atoms with Crippen LogP contribution in [0.3, 0.4) is 0 Å². The van der Waals surface area contributed by atoms with Crippen LogP contribution in [0.15, 0.2) is 31.0 Å². The molecule has 1 atom stereocenters. The highest BCUT2D eigenvalue weighted by Crippen LogP contribution is 2.24. The third-order valence-corrected chi connectivity index (χ3v) is 4.76. The second-order valence-corrected chi connectivity index (χ2v) is 6.47. The average Bonchev–Trinajstić information content (AvgIpc) is 3.12. The Balaban J connectivity index is 1.40. The van der Waals surface area contributed by atoms with E-state index in [2.05, 4.69) is 24.4 Å². The first-order chi connectivity index (χ1) is 11.9. The number of hydrogen-bond acceptors (Lipinski definition) is 6. The van der Waals surface area contributed by atoms with Crippen molar-refractivity contribution >= 4 is 5.95 Å². The number of rotatable bonds is 5. The zero-order valence-corrected chi connectivity index (χ0v) is 13.8. The van der Waals surface area contributed by atoms with Gasteiger partial charge in [-0.05, 0) is 24.8 Å². The Hall–Kier alpha value is -1.99. The maximum absolute atomic E-state index is 6.05. The molecule has 7 heteroatoms. The Morgan fingerprint density at radius 2 is 2.00 bits per heavy atom. The third kappa shape index (κ3) is 3.42. The fraction of sp³-hybridized carbons (Fsp3) is 0.588. The highest BCUT2D eigenvalue weighted by molar-refractivity contribution is 5.32. The fourth-order valence-electron chi connectivity index (χ4n) is 3.41. The number of ether oxygens (including phenoxy) is 2. The molecule has 128 valence electrons. The highest BCUT2D eigenvalue weighted by Gasteiger charge is 2.27. The summed E-state index contributed by atoms with van der Waals surface area (Å²) in [6, 6.07) is 2.08. The minimum Gasteiger partial charge on any atom is -0.381 e. The lowest BCUT2D eigenvalue weighted by atomic mass is 10.0. The molecule has 1 saturated heterocycles. The van der Waals surface area contributed by atoms with Gasteiger partial charge in [0.25, 0.3) is 0 Å². The summed E-state index contributed by atoms with van der Waals surface area (Å²) < 4.78 is 13.7. The molecule has 24 heavy (non-hydrogen) atoms. The van der Waals surface area contributed by atoms with Crippen LogP contribution < -0.4 is 4.90 Å². The van der Waals surface area contributed by atoms with E-state index in [9.17, 15) is 0 Å². The summed E-state index contributed by atoms with van der Waals surface area (Å²) >= 11 is 0. The molecule has 2 aromatic heterocycles. The zero-order chi connectivity index (χ0) is 16.2. The number of hydrogen-bond donors (Lipinski definition) is 0. The van der Waals surface area contributed by atoms with Gasteiger partial charge in [0.2, 0.25) is 5.95 Å². The van der Waals surface area contributed by atoms with Gasteiger partial charge in [-0.15, -0.1) is 0 Å². The van der Waals surface area contributed by atoms with Crippen molar-refractivity contribution in [2.45, 2.75) is 25.4 Å². The van der Waals surface area contributed by atoms with Crippen LogP contribution in [0.1, 0.15) is 24.6 Å². The molecule has 0 aliphatic carbocycles. The predicted octanol–water partition coefficient (Wildman–Crippen LogP) is 1.68. The predicted molar refractivity (Wildman–Crippen MR) is 88.7 cm³/mol. The summed E-state index contributed by atoms with van der Waals surface area (Å²) in [5.74, 6) is 1.39. The Bertz CT molecular complexity index is 641. The minimum absolute atomic E-state index is 0.236. The van der Waals surface area contributed by atoms with Gasteiger partial charge in [0.15, 0.2) is 0 Å². The summed E-state index contributed by atoms with van der Waals surface area (Å²) in [5, 5.41) is 0. The number of imidazole rings is 1. The maximum atomic E-state index is 6.05. The average molecular weight is 329 g/mol. The maximum Gasteiger partial charge on any atom is 0.225 e. The molecule has 7 nitrogen and oxygen atoms in total. The van der Waals surface area contributed by atoms with Gasteiger partial charge in [0.05, 0.1) is 31.2 Å². The van der Waals surface area contributed by atoms with E-state index in [4.69, 9.17) is 9.47 Å². The number of fused-ring (bicyclic) bond motifs is 1. The number of anilines is 1. The molecule has 0 spiro atoms. The first-order valence-electron chi connectivity index (χ1n) is 8.58. The van der Waals surface area contributed by atoms with Crippen LogP contribution in [0.5, 0.6) is 0 Å². The molecule has 0 bridgehead atoms. The van der Waals surface area contributed by atoms with Crippen LogP contribution in [0.25, 0.3) is 0 Å². The molecule has 1 unspecified atom stereocenters. The molecule has 0 radical (unpaired) electrons. The third-order valence-electron chi connectivity index (χ3n) is 4.76. The molecule has 4 heterocycles. The highest BCUT2D eigenvalue weighted by atomic mass is 16.5. The number of nitrogens with zero attached hydrogens (tertiary/aromatic N) is 5. The summed E-state index contributed by atoms with van der Waals surface area (Å²) in [6.45, 7) is 4.84. The standard InChI is InChI=1S/C17H23N5O2/c1-4-19-17(20-5-1)21-9-15-8-18-13-22(15)16(10-21)12-24-11-14-2-6-23-7-3-14/h1,4-5,8,13-14,16H,2-3,6-7,9-12H2. The molecule has 2 aromatic rings. The molecular weight excluding hydrogens is 306 g/mol. The Morgan fingerprint density at radius 3 is 2.83 bits per heavy atom. The van der Waals surface area contributed by atoms with Crippen molar-refractivity contribution in [2.24, 2.45) is 5.92 Å². The van der Waals surface area contributed by atoms with Crippen molar-refractivity contribution in [3.63, 3.8) is 0 Å². The van der Waals surface area contributed by atoms with Gasteiger partial charge < -0.3 is 18.9 Å². The van der Waals surface area contributed by atoms with E-state index in [0.29, 0.717) is 12.5 Å². The zero-order valence-electron chi connectivity index (χ0n) is 13.8. The quantitative estimate of drug-likeness (QED) is 0.831. The largest absolute Gasteiger partial charge is 0.381 e. The molecule has 2 aliphatic rings. The van der Waals surface area contributed by atoms with E-state index >= 15 is 0 Å². The second-order valence-electron chi connectivity index (χ2n) is 6.47.